The lowest BCUT2D eigenvalue weighted by atomic mass is 9.80. The Labute approximate surface area is 154 Å². The third-order valence-corrected chi connectivity index (χ3v) is 5.60. The molecule has 26 heavy (non-hydrogen) atoms. The predicted octanol–water partition coefficient (Wildman–Crippen LogP) is 2.42. The standard InChI is InChI=1S/C19H24BN3O3/c1-18(2)19(3,4)26-20(25-18)13-10-15(17(21)23-11-13)24-14-8-7-12-6-5-9-22-16(12)14/h5-6,9-11,14H,7-8H2,1-4H3,(H2,21,23)/t14-/m1/s1. The van der Waals surface area contributed by atoms with Crippen molar-refractivity contribution in [3.05, 3.63) is 41.9 Å². The van der Waals surface area contributed by atoms with Gasteiger partial charge >= 0.3 is 7.12 Å². The van der Waals surface area contributed by atoms with Gasteiger partial charge in [0.2, 0.25) is 0 Å². The summed E-state index contributed by atoms with van der Waals surface area (Å²) in [6.07, 6.45) is 5.21. The first-order chi connectivity index (χ1) is 12.3. The maximum absolute atomic E-state index is 6.18. The molecule has 7 heteroatoms. The van der Waals surface area contributed by atoms with E-state index in [4.69, 9.17) is 19.8 Å². The van der Waals surface area contributed by atoms with Crippen LogP contribution in [0.3, 0.4) is 0 Å². The molecule has 1 aliphatic heterocycles. The summed E-state index contributed by atoms with van der Waals surface area (Å²) in [5, 5.41) is 0. The molecule has 0 saturated carbocycles. The number of fused-ring (bicyclic) bond motifs is 1. The van der Waals surface area contributed by atoms with Crippen LogP contribution in [0.25, 0.3) is 0 Å². The van der Waals surface area contributed by atoms with Crippen molar-refractivity contribution in [3.63, 3.8) is 0 Å². The first kappa shape index (κ1) is 17.3. The van der Waals surface area contributed by atoms with Crippen molar-refractivity contribution in [2.24, 2.45) is 0 Å². The Bertz CT molecular complexity index is 825. The number of rotatable bonds is 3. The van der Waals surface area contributed by atoms with Crippen molar-refractivity contribution in [1.82, 2.24) is 9.97 Å². The molecular weight excluding hydrogens is 329 g/mol. The Morgan fingerprint density at radius 1 is 1.19 bits per heavy atom. The van der Waals surface area contributed by atoms with E-state index in [1.54, 1.807) is 12.4 Å². The molecule has 1 atom stereocenters. The van der Waals surface area contributed by atoms with Gasteiger partial charge < -0.3 is 19.8 Å². The second-order valence-electron chi connectivity index (χ2n) is 7.93. The highest BCUT2D eigenvalue weighted by Crippen LogP contribution is 2.38. The molecule has 0 aromatic carbocycles. The van der Waals surface area contributed by atoms with Crippen molar-refractivity contribution in [1.29, 1.82) is 0 Å². The van der Waals surface area contributed by atoms with Crippen LogP contribution in [0, 0.1) is 0 Å². The van der Waals surface area contributed by atoms with Crippen LogP contribution >= 0.6 is 0 Å². The van der Waals surface area contributed by atoms with E-state index in [1.165, 1.54) is 5.56 Å². The van der Waals surface area contributed by atoms with E-state index in [0.29, 0.717) is 11.6 Å². The zero-order chi connectivity index (χ0) is 18.5. The van der Waals surface area contributed by atoms with Crippen LogP contribution in [-0.4, -0.2) is 28.3 Å². The molecule has 1 aliphatic carbocycles. The van der Waals surface area contributed by atoms with Crippen LogP contribution < -0.4 is 15.9 Å². The summed E-state index contributed by atoms with van der Waals surface area (Å²) >= 11 is 0. The van der Waals surface area contributed by atoms with Crippen LogP contribution in [0.1, 0.15) is 51.5 Å². The highest BCUT2D eigenvalue weighted by molar-refractivity contribution is 6.62. The minimum atomic E-state index is -0.496. The molecule has 2 aliphatic rings. The summed E-state index contributed by atoms with van der Waals surface area (Å²) in [7, 11) is -0.496. The second kappa shape index (κ2) is 5.96. The van der Waals surface area contributed by atoms with E-state index in [-0.39, 0.29) is 6.10 Å². The van der Waals surface area contributed by atoms with Gasteiger partial charge in [-0.15, -0.1) is 0 Å². The number of nitrogen functional groups attached to an aromatic ring is 1. The summed E-state index contributed by atoms with van der Waals surface area (Å²) < 4.78 is 18.4. The van der Waals surface area contributed by atoms with E-state index < -0.39 is 18.3 Å². The van der Waals surface area contributed by atoms with Gasteiger partial charge in [0.25, 0.3) is 0 Å². The van der Waals surface area contributed by atoms with Gasteiger partial charge in [0, 0.05) is 17.9 Å². The number of ether oxygens (including phenoxy) is 1. The average molecular weight is 353 g/mol. The Morgan fingerprint density at radius 3 is 2.65 bits per heavy atom. The lowest BCUT2D eigenvalue weighted by Crippen LogP contribution is -2.41. The SMILES string of the molecule is CC1(C)OB(c2cnc(N)c(O[C@@H]3CCc4cccnc43)c2)OC1(C)C. The van der Waals surface area contributed by atoms with Gasteiger partial charge in [-0.3, -0.25) is 4.98 Å². The molecule has 2 aromatic rings. The summed E-state index contributed by atoms with van der Waals surface area (Å²) in [6, 6.07) is 5.91. The minimum absolute atomic E-state index is 0.108. The Balaban J connectivity index is 1.59. The molecular formula is C19H24BN3O3. The molecule has 2 aromatic heterocycles. The molecule has 1 fully saturated rings. The number of nitrogens with two attached hydrogens (primary N) is 1. The van der Waals surface area contributed by atoms with Crippen molar-refractivity contribution >= 4 is 18.4 Å². The van der Waals surface area contributed by atoms with E-state index in [9.17, 15) is 0 Å². The lowest BCUT2D eigenvalue weighted by molar-refractivity contribution is 0.00578. The molecule has 0 radical (unpaired) electrons. The number of hydrogen-bond donors (Lipinski definition) is 1. The van der Waals surface area contributed by atoms with Crippen LogP contribution in [-0.2, 0) is 15.7 Å². The number of aryl methyl sites for hydroxylation is 1. The maximum atomic E-state index is 6.18. The molecule has 0 unspecified atom stereocenters. The van der Waals surface area contributed by atoms with Gasteiger partial charge in [0.1, 0.15) is 6.10 Å². The zero-order valence-electron chi connectivity index (χ0n) is 15.7. The summed E-state index contributed by atoms with van der Waals surface area (Å²) in [5.41, 5.74) is 8.24. The van der Waals surface area contributed by atoms with Crippen molar-refractivity contribution in [3.8, 4) is 5.75 Å². The van der Waals surface area contributed by atoms with Gasteiger partial charge in [-0.25, -0.2) is 4.98 Å². The third-order valence-electron chi connectivity index (χ3n) is 5.60. The third kappa shape index (κ3) is 2.85. The van der Waals surface area contributed by atoms with Crippen LogP contribution in [0.15, 0.2) is 30.6 Å². The normalized spacial score (nSPS) is 23.1. The van der Waals surface area contributed by atoms with Gasteiger partial charge in [-0.2, -0.15) is 0 Å². The Morgan fingerprint density at radius 2 is 1.92 bits per heavy atom. The Kier molecular flexibility index (Phi) is 3.97. The topological polar surface area (TPSA) is 79.5 Å². The molecule has 4 rings (SSSR count). The van der Waals surface area contributed by atoms with Gasteiger partial charge in [0.05, 0.1) is 16.9 Å². The molecule has 0 amide bonds. The number of aromatic nitrogens is 2. The highest BCUT2D eigenvalue weighted by Gasteiger charge is 2.52. The molecule has 2 N–H and O–H groups in total. The first-order valence-corrected chi connectivity index (χ1v) is 8.98. The van der Waals surface area contributed by atoms with Crippen LogP contribution in [0.5, 0.6) is 5.75 Å². The fourth-order valence-corrected chi connectivity index (χ4v) is 3.32. The number of nitrogens with zero attached hydrogens (tertiary/aromatic N) is 2. The molecule has 3 heterocycles. The van der Waals surface area contributed by atoms with Gasteiger partial charge in [-0.1, -0.05) is 6.07 Å². The minimum Gasteiger partial charge on any atom is -0.480 e. The van der Waals surface area contributed by atoms with Crippen molar-refractivity contribution in [2.75, 3.05) is 5.73 Å². The fourth-order valence-electron chi connectivity index (χ4n) is 3.32. The Hall–Kier alpha value is -2.12. The summed E-state index contributed by atoms with van der Waals surface area (Å²) in [6.45, 7) is 8.10. The molecule has 0 spiro atoms. The van der Waals surface area contributed by atoms with Crippen LogP contribution in [0.2, 0.25) is 0 Å². The molecule has 1 saturated heterocycles. The second-order valence-corrected chi connectivity index (χ2v) is 7.93. The smallest absolute Gasteiger partial charge is 0.480 e. The number of hydrogen-bond acceptors (Lipinski definition) is 6. The van der Waals surface area contributed by atoms with Gasteiger partial charge in [0.15, 0.2) is 11.6 Å². The first-order valence-electron chi connectivity index (χ1n) is 8.98. The lowest BCUT2D eigenvalue weighted by Gasteiger charge is -2.32. The average Bonchev–Trinajstić information content (AvgIpc) is 3.08. The molecule has 136 valence electrons. The van der Waals surface area contributed by atoms with E-state index >= 15 is 0 Å². The summed E-state index contributed by atoms with van der Waals surface area (Å²) in [4.78, 5) is 8.76. The van der Waals surface area contributed by atoms with E-state index in [0.717, 1.165) is 24.0 Å². The zero-order valence-corrected chi connectivity index (χ0v) is 15.7. The van der Waals surface area contributed by atoms with Gasteiger partial charge in [-0.05, 0) is 58.2 Å². The number of anilines is 1. The maximum Gasteiger partial charge on any atom is 0.496 e. The number of pyridine rings is 2. The quantitative estimate of drug-likeness (QED) is 0.854. The van der Waals surface area contributed by atoms with E-state index in [2.05, 4.69) is 16.0 Å². The highest BCUT2D eigenvalue weighted by atomic mass is 16.7. The molecule has 6 nitrogen and oxygen atoms in total. The summed E-state index contributed by atoms with van der Waals surface area (Å²) in [5.74, 6) is 0.898. The largest absolute Gasteiger partial charge is 0.496 e. The predicted molar refractivity (Wildman–Crippen MR) is 100 cm³/mol. The van der Waals surface area contributed by atoms with Crippen molar-refractivity contribution in [2.45, 2.75) is 57.8 Å². The molecule has 0 bridgehead atoms. The monoisotopic (exact) mass is 353 g/mol. The van der Waals surface area contributed by atoms with Crippen molar-refractivity contribution < 1.29 is 14.0 Å². The van der Waals surface area contributed by atoms with Crippen LogP contribution in [0.4, 0.5) is 5.82 Å². The van der Waals surface area contributed by atoms with E-state index in [1.807, 2.05) is 39.8 Å². The fraction of sp³-hybridized carbons (Fsp3) is 0.474.